The Morgan fingerprint density at radius 1 is 1.36 bits per heavy atom. The van der Waals surface area contributed by atoms with Gasteiger partial charge in [-0.2, -0.15) is 0 Å². The van der Waals surface area contributed by atoms with Crippen LogP contribution in [0, 0.1) is 0 Å². The molecule has 0 aromatic heterocycles. The Labute approximate surface area is 129 Å². The van der Waals surface area contributed by atoms with Crippen molar-refractivity contribution in [3.63, 3.8) is 0 Å². The molecule has 3 rings (SSSR count). The molecule has 2 aliphatic rings. The third kappa shape index (κ3) is 2.56. The van der Waals surface area contributed by atoms with Crippen LogP contribution >= 0.6 is 0 Å². The molecule has 118 valence electrons. The fourth-order valence-electron chi connectivity index (χ4n) is 3.43. The number of carbonyl (C=O) groups is 2. The minimum atomic E-state index is -0.900. The maximum atomic E-state index is 11.9. The van der Waals surface area contributed by atoms with Crippen LogP contribution in [-0.4, -0.2) is 28.8 Å². The number of carboxylic acids is 1. The summed E-state index contributed by atoms with van der Waals surface area (Å²) < 4.78 is 5.30. The van der Waals surface area contributed by atoms with Crippen molar-refractivity contribution in [1.29, 1.82) is 0 Å². The molecule has 2 atom stereocenters. The first kappa shape index (κ1) is 14.9. The quantitative estimate of drug-likeness (QED) is 0.881. The Morgan fingerprint density at radius 3 is 2.73 bits per heavy atom. The summed E-state index contributed by atoms with van der Waals surface area (Å²) in [6.45, 7) is 5.52. The molecule has 22 heavy (non-hydrogen) atoms. The molecule has 1 fully saturated rings. The Balaban J connectivity index is 1.72. The predicted octanol–water partition coefficient (Wildman–Crippen LogP) is 2.87. The highest BCUT2D eigenvalue weighted by atomic mass is 16.6. The van der Waals surface area contributed by atoms with Gasteiger partial charge in [-0.25, -0.2) is 9.59 Å². The molecular formula is C17H21NO4. The first-order valence-corrected chi connectivity index (χ1v) is 7.57. The van der Waals surface area contributed by atoms with Crippen molar-refractivity contribution in [2.24, 2.45) is 0 Å². The number of aromatic carboxylic acids is 1. The van der Waals surface area contributed by atoms with Gasteiger partial charge in [0.2, 0.25) is 0 Å². The van der Waals surface area contributed by atoms with Gasteiger partial charge in [0.25, 0.3) is 0 Å². The summed E-state index contributed by atoms with van der Waals surface area (Å²) in [5.41, 5.74) is 2.07. The molecule has 0 radical (unpaired) electrons. The number of ether oxygens (including phenoxy) is 1. The van der Waals surface area contributed by atoms with Gasteiger partial charge in [0, 0.05) is 11.5 Å². The van der Waals surface area contributed by atoms with Crippen LogP contribution in [0.1, 0.15) is 55.1 Å². The van der Waals surface area contributed by atoms with Crippen LogP contribution in [0.25, 0.3) is 0 Å². The van der Waals surface area contributed by atoms with E-state index in [1.807, 2.05) is 26.8 Å². The number of nitrogens with one attached hydrogen (secondary N) is 1. The Kier molecular flexibility index (Phi) is 3.20. The lowest BCUT2D eigenvalue weighted by molar-refractivity contribution is 0.0519. The summed E-state index contributed by atoms with van der Waals surface area (Å²) in [5, 5.41) is 12.0. The molecule has 5 nitrogen and oxygen atoms in total. The van der Waals surface area contributed by atoms with Crippen molar-refractivity contribution in [2.75, 3.05) is 0 Å². The molecule has 0 bridgehead atoms. The minimum Gasteiger partial charge on any atom is -0.478 e. The number of hydrogen-bond acceptors (Lipinski definition) is 3. The number of rotatable bonds is 2. The van der Waals surface area contributed by atoms with Crippen LogP contribution < -0.4 is 5.32 Å². The fourth-order valence-corrected chi connectivity index (χ4v) is 3.43. The summed E-state index contributed by atoms with van der Waals surface area (Å²) >= 11 is 0. The van der Waals surface area contributed by atoms with E-state index in [9.17, 15) is 9.59 Å². The predicted molar refractivity (Wildman–Crippen MR) is 81.2 cm³/mol. The molecule has 1 aromatic rings. The van der Waals surface area contributed by atoms with Crippen molar-refractivity contribution in [3.05, 3.63) is 34.9 Å². The SMILES string of the molecule is CC(C)(C)OC(=O)NC1CC12CCc1cc(C(=O)O)ccc12. The first-order chi connectivity index (χ1) is 10.2. The zero-order valence-corrected chi connectivity index (χ0v) is 13.1. The number of aryl methyl sites for hydroxylation is 1. The standard InChI is InChI=1S/C17H21NO4/c1-16(2,3)22-15(21)18-13-9-17(13)7-6-10-8-11(14(19)20)4-5-12(10)17/h4-5,8,13H,6-7,9H2,1-3H3,(H,18,21)(H,19,20). The van der Waals surface area contributed by atoms with Crippen LogP contribution in [0.5, 0.6) is 0 Å². The van der Waals surface area contributed by atoms with Crippen molar-refractivity contribution < 1.29 is 19.4 Å². The second-order valence-corrected chi connectivity index (χ2v) is 7.24. The molecule has 2 N–H and O–H groups in total. The normalized spacial score (nSPS) is 25.7. The van der Waals surface area contributed by atoms with E-state index in [0.717, 1.165) is 24.8 Å². The maximum absolute atomic E-state index is 11.9. The smallest absolute Gasteiger partial charge is 0.407 e. The molecule has 1 aromatic carbocycles. The lowest BCUT2D eigenvalue weighted by Crippen LogP contribution is -2.36. The number of alkyl carbamates (subject to hydrolysis) is 1. The summed E-state index contributed by atoms with van der Waals surface area (Å²) in [5.74, 6) is -0.900. The van der Waals surface area contributed by atoms with Gasteiger partial charge in [-0.05, 0) is 63.3 Å². The third-order valence-corrected chi connectivity index (χ3v) is 4.50. The van der Waals surface area contributed by atoms with Crippen molar-refractivity contribution in [2.45, 2.75) is 57.1 Å². The number of amides is 1. The van der Waals surface area contributed by atoms with Gasteiger partial charge in [-0.1, -0.05) is 6.07 Å². The van der Waals surface area contributed by atoms with E-state index < -0.39 is 11.6 Å². The largest absolute Gasteiger partial charge is 0.478 e. The highest BCUT2D eigenvalue weighted by Crippen LogP contribution is 2.56. The van der Waals surface area contributed by atoms with E-state index in [0.29, 0.717) is 5.56 Å². The monoisotopic (exact) mass is 303 g/mol. The number of benzene rings is 1. The molecule has 2 unspecified atom stereocenters. The second-order valence-electron chi connectivity index (χ2n) is 7.24. The van der Waals surface area contributed by atoms with E-state index in [4.69, 9.17) is 9.84 Å². The van der Waals surface area contributed by atoms with Crippen LogP contribution in [0.2, 0.25) is 0 Å². The minimum absolute atomic E-state index is 0.0245. The summed E-state index contributed by atoms with van der Waals surface area (Å²) in [6, 6.07) is 5.40. The average Bonchev–Trinajstić information content (AvgIpc) is 2.93. The topological polar surface area (TPSA) is 75.6 Å². The number of hydrogen-bond donors (Lipinski definition) is 2. The van der Waals surface area contributed by atoms with Crippen LogP contribution in [-0.2, 0) is 16.6 Å². The van der Waals surface area contributed by atoms with Crippen LogP contribution in [0.3, 0.4) is 0 Å². The maximum Gasteiger partial charge on any atom is 0.407 e. The third-order valence-electron chi connectivity index (χ3n) is 4.50. The summed E-state index contributed by atoms with van der Waals surface area (Å²) in [7, 11) is 0. The van der Waals surface area contributed by atoms with Crippen molar-refractivity contribution in [3.8, 4) is 0 Å². The van der Waals surface area contributed by atoms with E-state index in [2.05, 4.69) is 5.32 Å². The highest BCUT2D eigenvalue weighted by molar-refractivity contribution is 5.88. The van der Waals surface area contributed by atoms with Gasteiger partial charge in [0.15, 0.2) is 0 Å². The van der Waals surface area contributed by atoms with Gasteiger partial charge in [-0.15, -0.1) is 0 Å². The second kappa shape index (κ2) is 4.73. The van der Waals surface area contributed by atoms with Gasteiger partial charge in [0.1, 0.15) is 5.60 Å². The van der Waals surface area contributed by atoms with Crippen LogP contribution in [0.15, 0.2) is 18.2 Å². The number of fused-ring (bicyclic) bond motifs is 2. The zero-order valence-electron chi connectivity index (χ0n) is 13.1. The Bertz CT molecular complexity index is 647. The molecular weight excluding hydrogens is 282 g/mol. The molecule has 0 heterocycles. The lowest BCUT2D eigenvalue weighted by atomic mass is 9.96. The van der Waals surface area contributed by atoms with E-state index in [1.165, 1.54) is 5.56 Å². The molecule has 5 heteroatoms. The number of carbonyl (C=O) groups excluding carboxylic acids is 1. The van der Waals surface area contributed by atoms with Crippen LogP contribution in [0.4, 0.5) is 4.79 Å². The zero-order chi connectivity index (χ0) is 16.1. The Hall–Kier alpha value is -2.04. The molecule has 0 aliphatic heterocycles. The lowest BCUT2D eigenvalue weighted by Gasteiger charge is -2.20. The Morgan fingerprint density at radius 2 is 2.09 bits per heavy atom. The van der Waals surface area contributed by atoms with Gasteiger partial charge in [-0.3, -0.25) is 0 Å². The first-order valence-electron chi connectivity index (χ1n) is 7.57. The fraction of sp³-hybridized carbons (Fsp3) is 0.529. The molecule has 1 spiro atoms. The summed E-state index contributed by atoms with van der Waals surface area (Å²) in [6.07, 6.45) is 2.32. The summed E-state index contributed by atoms with van der Waals surface area (Å²) in [4.78, 5) is 22.9. The molecule has 1 amide bonds. The number of carboxylic acid groups (broad SMARTS) is 1. The van der Waals surface area contributed by atoms with E-state index in [-0.39, 0.29) is 17.6 Å². The van der Waals surface area contributed by atoms with Gasteiger partial charge < -0.3 is 15.2 Å². The van der Waals surface area contributed by atoms with Gasteiger partial charge >= 0.3 is 12.1 Å². The van der Waals surface area contributed by atoms with Gasteiger partial charge in [0.05, 0.1) is 5.56 Å². The highest BCUT2D eigenvalue weighted by Gasteiger charge is 2.59. The molecule has 1 saturated carbocycles. The molecule has 2 aliphatic carbocycles. The van der Waals surface area contributed by atoms with Crippen molar-refractivity contribution >= 4 is 12.1 Å². The van der Waals surface area contributed by atoms with E-state index in [1.54, 1.807) is 12.1 Å². The van der Waals surface area contributed by atoms with E-state index >= 15 is 0 Å². The molecule has 0 saturated heterocycles. The van der Waals surface area contributed by atoms with Crippen molar-refractivity contribution in [1.82, 2.24) is 5.32 Å². The average molecular weight is 303 g/mol.